The molecule has 0 radical (unpaired) electrons. The largest absolute Gasteiger partial charge is 0.394 e. The first kappa shape index (κ1) is 52.9. The van der Waals surface area contributed by atoms with Gasteiger partial charge in [0.25, 0.3) is 0 Å². The Balaban J connectivity index is 2.41. The van der Waals surface area contributed by atoms with Crippen molar-refractivity contribution in [3.8, 4) is 0 Å². The second-order valence-corrected chi connectivity index (χ2v) is 17.0. The SMILES string of the molecule is CCCCCC/C=C\CCCCCCCCCCCCC[C@@H](O)C(=O)N[C@@H](CO[C@@H]1O[C@H](CO)[C@@H](O)[C@H](O)[C@H]1O)[C@H](O)[C@H](O)CCCCCCCCCC(C)C. The summed E-state index contributed by atoms with van der Waals surface area (Å²) < 4.78 is 11.1. The molecule has 56 heavy (non-hydrogen) atoms. The lowest BCUT2D eigenvalue weighted by atomic mass is 9.98. The molecule has 0 aromatic rings. The highest BCUT2D eigenvalue weighted by atomic mass is 16.7. The predicted molar refractivity (Wildman–Crippen MR) is 224 cm³/mol. The number of nitrogens with one attached hydrogen (secondary N) is 1. The lowest BCUT2D eigenvalue weighted by Gasteiger charge is -2.40. The molecule has 1 aliphatic rings. The normalized spacial score (nSPS) is 22.4. The van der Waals surface area contributed by atoms with Gasteiger partial charge in [-0.05, 0) is 44.4 Å². The van der Waals surface area contributed by atoms with E-state index in [4.69, 9.17) is 9.47 Å². The first-order valence-electron chi connectivity index (χ1n) is 22.9. The van der Waals surface area contributed by atoms with Gasteiger partial charge in [-0.15, -0.1) is 0 Å². The molecule has 1 aliphatic heterocycles. The van der Waals surface area contributed by atoms with Gasteiger partial charge in [-0.3, -0.25) is 4.79 Å². The molecule has 0 aliphatic carbocycles. The molecule has 0 unspecified atom stereocenters. The number of carbonyl (C=O) groups is 1. The summed E-state index contributed by atoms with van der Waals surface area (Å²) in [5.41, 5.74) is 0. The molecule has 8 N–H and O–H groups in total. The Bertz CT molecular complexity index is 937. The monoisotopic (exact) mass is 802 g/mol. The molecular weight excluding hydrogens is 714 g/mol. The van der Waals surface area contributed by atoms with Crippen LogP contribution in [0.25, 0.3) is 0 Å². The minimum atomic E-state index is -1.66. The Hall–Kier alpha value is -1.15. The average molecular weight is 802 g/mol. The van der Waals surface area contributed by atoms with Gasteiger partial charge >= 0.3 is 0 Å². The summed E-state index contributed by atoms with van der Waals surface area (Å²) in [4.78, 5) is 13.1. The van der Waals surface area contributed by atoms with E-state index in [1.165, 1.54) is 109 Å². The minimum absolute atomic E-state index is 0.260. The summed E-state index contributed by atoms with van der Waals surface area (Å²) in [5.74, 6) is 0.0269. The smallest absolute Gasteiger partial charge is 0.249 e. The molecule has 11 heteroatoms. The van der Waals surface area contributed by atoms with Crippen molar-refractivity contribution in [2.75, 3.05) is 13.2 Å². The number of amides is 1. The highest BCUT2D eigenvalue weighted by Gasteiger charge is 2.44. The van der Waals surface area contributed by atoms with E-state index in [2.05, 4.69) is 38.2 Å². The van der Waals surface area contributed by atoms with E-state index in [1.54, 1.807) is 0 Å². The van der Waals surface area contributed by atoms with Gasteiger partial charge < -0.3 is 50.5 Å². The third-order valence-electron chi connectivity index (χ3n) is 11.2. The average Bonchev–Trinajstić information content (AvgIpc) is 3.18. The maximum atomic E-state index is 13.1. The molecule has 0 spiro atoms. The summed E-state index contributed by atoms with van der Waals surface area (Å²) in [6.07, 6.45) is 22.9. The molecule has 1 heterocycles. The van der Waals surface area contributed by atoms with E-state index >= 15 is 0 Å². The molecule has 0 bridgehead atoms. The molecule has 0 aromatic heterocycles. The van der Waals surface area contributed by atoms with Gasteiger partial charge in [0.05, 0.1) is 25.4 Å². The van der Waals surface area contributed by atoms with Crippen LogP contribution in [0.15, 0.2) is 12.2 Å². The number of hydrogen-bond acceptors (Lipinski definition) is 10. The van der Waals surface area contributed by atoms with Crippen LogP contribution in [0.3, 0.4) is 0 Å². The summed E-state index contributed by atoms with van der Waals surface area (Å²) in [6.45, 7) is 5.67. The fourth-order valence-electron chi connectivity index (χ4n) is 7.38. The third-order valence-corrected chi connectivity index (χ3v) is 11.2. The third kappa shape index (κ3) is 25.4. The van der Waals surface area contributed by atoms with Gasteiger partial charge in [0.2, 0.25) is 5.91 Å². The summed E-state index contributed by atoms with van der Waals surface area (Å²) >= 11 is 0. The van der Waals surface area contributed by atoms with Crippen LogP contribution in [-0.4, -0.2) is 110 Å². The molecular formula is C45H87NO10. The Morgan fingerprint density at radius 2 is 1.11 bits per heavy atom. The lowest BCUT2D eigenvalue weighted by molar-refractivity contribution is -0.303. The lowest BCUT2D eigenvalue weighted by Crippen LogP contribution is -2.60. The van der Waals surface area contributed by atoms with Crippen molar-refractivity contribution in [2.24, 2.45) is 5.92 Å². The van der Waals surface area contributed by atoms with Crippen LogP contribution in [0, 0.1) is 5.92 Å². The number of rotatable bonds is 37. The van der Waals surface area contributed by atoms with Crippen LogP contribution in [0.2, 0.25) is 0 Å². The number of aliphatic hydroxyl groups excluding tert-OH is 7. The summed E-state index contributed by atoms with van der Waals surface area (Å²) in [7, 11) is 0. The van der Waals surface area contributed by atoms with Crippen LogP contribution >= 0.6 is 0 Å². The molecule has 0 saturated carbocycles. The van der Waals surface area contributed by atoms with E-state index in [0.29, 0.717) is 19.3 Å². The number of ether oxygens (including phenoxy) is 2. The zero-order valence-electron chi connectivity index (χ0n) is 35.8. The van der Waals surface area contributed by atoms with Gasteiger partial charge in [-0.25, -0.2) is 0 Å². The van der Waals surface area contributed by atoms with E-state index in [1.807, 2.05) is 0 Å². The van der Waals surface area contributed by atoms with E-state index in [-0.39, 0.29) is 6.42 Å². The van der Waals surface area contributed by atoms with Crippen molar-refractivity contribution in [3.63, 3.8) is 0 Å². The molecule has 332 valence electrons. The molecule has 1 saturated heterocycles. The predicted octanol–water partition coefficient (Wildman–Crippen LogP) is 7.14. The van der Waals surface area contributed by atoms with Crippen molar-refractivity contribution in [1.82, 2.24) is 5.32 Å². The number of carbonyl (C=O) groups excluding carboxylic acids is 1. The standard InChI is InChI=1S/C45H87NO10/c1-4-5-6-7-8-9-10-11-12-13-14-15-16-17-18-19-22-26-29-32-38(49)44(54)46-36(34-55-45-43(53)42(52)41(51)39(33-47)56-45)40(50)37(48)31-28-25-23-20-21-24-27-30-35(2)3/h9-10,35-43,45,47-53H,4-8,11-34H2,1-3H3,(H,46,54)/b10-9-/t36-,37+,38+,39+,40-,41+,42-,43+,45+/m0/s1. The minimum Gasteiger partial charge on any atom is -0.394 e. The first-order valence-corrected chi connectivity index (χ1v) is 22.9. The van der Waals surface area contributed by atoms with Crippen molar-refractivity contribution in [3.05, 3.63) is 12.2 Å². The van der Waals surface area contributed by atoms with E-state index in [9.17, 15) is 40.5 Å². The summed E-state index contributed by atoms with van der Waals surface area (Å²) in [5, 5.41) is 75.5. The van der Waals surface area contributed by atoms with Gasteiger partial charge in [0, 0.05) is 0 Å². The van der Waals surface area contributed by atoms with Crippen molar-refractivity contribution >= 4 is 5.91 Å². The number of unbranched alkanes of at least 4 members (excludes halogenated alkanes) is 21. The van der Waals surface area contributed by atoms with Gasteiger partial charge in [-0.1, -0.05) is 168 Å². The topological polar surface area (TPSA) is 189 Å². The van der Waals surface area contributed by atoms with E-state index in [0.717, 1.165) is 44.4 Å². The summed E-state index contributed by atoms with van der Waals surface area (Å²) in [6, 6.07) is -1.16. The zero-order valence-corrected chi connectivity index (χ0v) is 35.8. The van der Waals surface area contributed by atoms with Crippen LogP contribution in [0.4, 0.5) is 0 Å². The van der Waals surface area contributed by atoms with Gasteiger partial charge in [-0.2, -0.15) is 0 Å². The fourth-order valence-corrected chi connectivity index (χ4v) is 7.38. The maximum absolute atomic E-state index is 13.1. The van der Waals surface area contributed by atoms with Crippen LogP contribution in [-0.2, 0) is 14.3 Å². The first-order chi connectivity index (χ1) is 27.0. The number of allylic oxidation sites excluding steroid dienone is 2. The Morgan fingerprint density at radius 1 is 0.643 bits per heavy atom. The van der Waals surface area contributed by atoms with Crippen LogP contribution < -0.4 is 5.32 Å². The van der Waals surface area contributed by atoms with Crippen molar-refractivity contribution in [1.29, 1.82) is 0 Å². The van der Waals surface area contributed by atoms with Gasteiger partial charge in [0.15, 0.2) is 6.29 Å². The molecule has 0 aromatic carbocycles. The highest BCUT2D eigenvalue weighted by Crippen LogP contribution is 2.23. The number of hydrogen-bond donors (Lipinski definition) is 8. The zero-order chi connectivity index (χ0) is 41.4. The molecule has 1 rings (SSSR count). The van der Waals surface area contributed by atoms with Crippen LogP contribution in [0.1, 0.15) is 194 Å². The highest BCUT2D eigenvalue weighted by molar-refractivity contribution is 5.80. The quantitative estimate of drug-likeness (QED) is 0.0237. The Morgan fingerprint density at radius 3 is 1.61 bits per heavy atom. The van der Waals surface area contributed by atoms with Gasteiger partial charge in [0.1, 0.15) is 36.6 Å². The fraction of sp³-hybridized carbons (Fsp3) is 0.933. The molecule has 9 atom stereocenters. The Labute approximate surface area is 341 Å². The van der Waals surface area contributed by atoms with E-state index < -0.39 is 74.2 Å². The second-order valence-electron chi connectivity index (χ2n) is 17.0. The van der Waals surface area contributed by atoms with Crippen molar-refractivity contribution < 1.29 is 50.0 Å². The number of aliphatic hydroxyl groups is 7. The van der Waals surface area contributed by atoms with Crippen molar-refractivity contribution in [2.45, 2.75) is 249 Å². The second kappa shape index (κ2) is 34.7. The Kier molecular flexibility index (Phi) is 32.7. The molecule has 1 amide bonds. The molecule has 1 fully saturated rings. The van der Waals surface area contributed by atoms with Crippen LogP contribution in [0.5, 0.6) is 0 Å². The maximum Gasteiger partial charge on any atom is 0.249 e. The molecule has 11 nitrogen and oxygen atoms in total.